The van der Waals surface area contributed by atoms with E-state index in [0.29, 0.717) is 17.5 Å². The van der Waals surface area contributed by atoms with Crippen molar-refractivity contribution in [3.05, 3.63) is 52.8 Å². The van der Waals surface area contributed by atoms with Crippen molar-refractivity contribution in [1.82, 2.24) is 14.7 Å². The Kier molecular flexibility index (Phi) is 5.02. The summed E-state index contributed by atoms with van der Waals surface area (Å²) in [4.78, 5) is 27.1. The SMILES string of the molecule is CC1CC(C)CN(C(=O)C(C)n2nc(-c3ccccc3)ccc2=O)C1. The molecular weight excluding hydrogens is 314 g/mol. The first-order chi connectivity index (χ1) is 12.0. The first-order valence-electron chi connectivity index (χ1n) is 8.89. The summed E-state index contributed by atoms with van der Waals surface area (Å²) in [5.41, 5.74) is 1.37. The van der Waals surface area contributed by atoms with Crippen molar-refractivity contribution < 1.29 is 4.79 Å². The fourth-order valence-corrected chi connectivity index (χ4v) is 3.68. The second-order valence-electron chi connectivity index (χ2n) is 7.23. The molecule has 3 atom stereocenters. The molecule has 0 bridgehead atoms. The third kappa shape index (κ3) is 3.81. The summed E-state index contributed by atoms with van der Waals surface area (Å²) in [6, 6.07) is 12.3. The number of rotatable bonds is 3. The number of piperidine rings is 1. The minimum absolute atomic E-state index is 0.0294. The smallest absolute Gasteiger partial charge is 0.267 e. The predicted molar refractivity (Wildman–Crippen MR) is 98.2 cm³/mol. The molecule has 5 nitrogen and oxygen atoms in total. The van der Waals surface area contributed by atoms with Gasteiger partial charge in [0.1, 0.15) is 6.04 Å². The molecule has 1 aromatic carbocycles. The molecule has 1 aliphatic heterocycles. The van der Waals surface area contributed by atoms with Crippen LogP contribution in [0.2, 0.25) is 0 Å². The summed E-state index contributed by atoms with van der Waals surface area (Å²) in [6.45, 7) is 7.60. The number of hydrogen-bond donors (Lipinski definition) is 0. The van der Waals surface area contributed by atoms with Crippen molar-refractivity contribution in [2.24, 2.45) is 11.8 Å². The van der Waals surface area contributed by atoms with E-state index >= 15 is 0 Å². The highest BCUT2D eigenvalue weighted by Gasteiger charge is 2.29. The van der Waals surface area contributed by atoms with Gasteiger partial charge in [-0.25, -0.2) is 4.68 Å². The van der Waals surface area contributed by atoms with Crippen molar-refractivity contribution in [1.29, 1.82) is 0 Å². The van der Waals surface area contributed by atoms with E-state index in [9.17, 15) is 9.59 Å². The Bertz CT molecular complexity index is 790. The van der Waals surface area contributed by atoms with Gasteiger partial charge in [-0.2, -0.15) is 5.10 Å². The zero-order valence-corrected chi connectivity index (χ0v) is 15.1. The van der Waals surface area contributed by atoms with Gasteiger partial charge >= 0.3 is 0 Å². The van der Waals surface area contributed by atoms with Crippen molar-refractivity contribution in [3.63, 3.8) is 0 Å². The van der Waals surface area contributed by atoms with Gasteiger partial charge in [0.25, 0.3) is 5.56 Å². The third-order valence-corrected chi connectivity index (χ3v) is 4.80. The molecule has 1 saturated heterocycles. The van der Waals surface area contributed by atoms with Crippen molar-refractivity contribution in [3.8, 4) is 11.3 Å². The Hall–Kier alpha value is -2.43. The maximum Gasteiger partial charge on any atom is 0.267 e. The molecular formula is C20H25N3O2. The first-order valence-corrected chi connectivity index (χ1v) is 8.89. The molecule has 1 amide bonds. The molecule has 0 radical (unpaired) electrons. The molecule has 1 aromatic heterocycles. The van der Waals surface area contributed by atoms with Crippen LogP contribution in [0, 0.1) is 11.8 Å². The van der Waals surface area contributed by atoms with Gasteiger partial charge in [-0.05, 0) is 31.2 Å². The van der Waals surface area contributed by atoms with Crippen LogP contribution in [0.5, 0.6) is 0 Å². The normalized spacial score (nSPS) is 21.8. The first kappa shape index (κ1) is 17.4. The van der Waals surface area contributed by atoms with E-state index in [-0.39, 0.29) is 11.5 Å². The van der Waals surface area contributed by atoms with Crippen LogP contribution >= 0.6 is 0 Å². The van der Waals surface area contributed by atoms with Gasteiger partial charge in [-0.3, -0.25) is 9.59 Å². The van der Waals surface area contributed by atoms with Gasteiger partial charge in [0, 0.05) is 24.7 Å². The van der Waals surface area contributed by atoms with Crippen molar-refractivity contribution >= 4 is 5.91 Å². The average molecular weight is 339 g/mol. The second kappa shape index (κ2) is 7.21. The number of carbonyl (C=O) groups excluding carboxylic acids is 1. The summed E-state index contributed by atoms with van der Waals surface area (Å²) < 4.78 is 1.31. The maximum absolute atomic E-state index is 12.9. The molecule has 1 fully saturated rings. The molecule has 5 heteroatoms. The lowest BCUT2D eigenvalue weighted by Crippen LogP contribution is -2.46. The monoisotopic (exact) mass is 339 g/mol. The number of carbonyl (C=O) groups is 1. The van der Waals surface area contributed by atoms with E-state index in [1.54, 1.807) is 13.0 Å². The molecule has 0 N–H and O–H groups in total. The van der Waals surface area contributed by atoms with Crippen molar-refractivity contribution in [2.45, 2.75) is 33.2 Å². The van der Waals surface area contributed by atoms with Gasteiger partial charge in [0.05, 0.1) is 5.69 Å². The molecule has 3 unspecified atom stereocenters. The quantitative estimate of drug-likeness (QED) is 0.864. The lowest BCUT2D eigenvalue weighted by molar-refractivity contribution is -0.137. The van der Waals surface area contributed by atoms with Gasteiger partial charge in [-0.1, -0.05) is 44.2 Å². The highest BCUT2D eigenvalue weighted by Crippen LogP contribution is 2.23. The minimum atomic E-state index is -0.603. The summed E-state index contributed by atoms with van der Waals surface area (Å²) in [7, 11) is 0. The van der Waals surface area contributed by atoms with Crippen molar-refractivity contribution in [2.75, 3.05) is 13.1 Å². The van der Waals surface area contributed by atoms with Gasteiger partial charge in [-0.15, -0.1) is 0 Å². The lowest BCUT2D eigenvalue weighted by atomic mass is 9.91. The van der Waals surface area contributed by atoms with Crippen LogP contribution in [0.25, 0.3) is 11.3 Å². The summed E-state index contributed by atoms with van der Waals surface area (Å²) in [5.74, 6) is 0.943. The molecule has 3 rings (SSSR count). The number of aromatic nitrogens is 2. The van der Waals surface area contributed by atoms with E-state index < -0.39 is 6.04 Å². The van der Waals surface area contributed by atoms with Crippen LogP contribution in [0.3, 0.4) is 0 Å². The van der Waals surface area contributed by atoms with Crippen LogP contribution in [0.1, 0.15) is 33.2 Å². The topological polar surface area (TPSA) is 55.2 Å². The number of hydrogen-bond acceptors (Lipinski definition) is 3. The number of nitrogens with zero attached hydrogens (tertiary/aromatic N) is 3. The predicted octanol–water partition coefficient (Wildman–Crippen LogP) is 2.98. The molecule has 2 heterocycles. The van der Waals surface area contributed by atoms with Gasteiger partial charge < -0.3 is 4.90 Å². The second-order valence-corrected chi connectivity index (χ2v) is 7.23. The zero-order chi connectivity index (χ0) is 18.0. The van der Waals surface area contributed by atoms with Crippen LogP contribution in [0.15, 0.2) is 47.3 Å². The zero-order valence-electron chi connectivity index (χ0n) is 15.1. The van der Waals surface area contributed by atoms with Crippen LogP contribution in [0.4, 0.5) is 0 Å². The highest BCUT2D eigenvalue weighted by molar-refractivity contribution is 5.80. The fourth-order valence-electron chi connectivity index (χ4n) is 3.68. The molecule has 0 spiro atoms. The van der Waals surface area contributed by atoms with Gasteiger partial charge in [0.2, 0.25) is 5.91 Å². The summed E-state index contributed by atoms with van der Waals surface area (Å²) in [6.07, 6.45) is 1.14. The largest absolute Gasteiger partial charge is 0.340 e. The molecule has 25 heavy (non-hydrogen) atoms. The Morgan fingerprint density at radius 3 is 2.36 bits per heavy atom. The Balaban J connectivity index is 1.87. The molecule has 2 aromatic rings. The van der Waals surface area contributed by atoms with Crippen LogP contribution < -0.4 is 5.56 Å². The lowest BCUT2D eigenvalue weighted by Gasteiger charge is -2.36. The van der Waals surface area contributed by atoms with Crippen LogP contribution in [-0.2, 0) is 4.79 Å². The van der Waals surface area contributed by atoms with E-state index in [2.05, 4.69) is 18.9 Å². The van der Waals surface area contributed by atoms with Gasteiger partial charge in [0.15, 0.2) is 0 Å². The van der Waals surface area contributed by atoms with E-state index in [1.807, 2.05) is 35.2 Å². The summed E-state index contributed by atoms with van der Waals surface area (Å²) in [5, 5.41) is 4.45. The van der Waals surface area contributed by atoms with E-state index in [4.69, 9.17) is 0 Å². The Morgan fingerprint density at radius 2 is 1.72 bits per heavy atom. The van der Waals surface area contributed by atoms with E-state index in [1.165, 1.54) is 10.7 Å². The third-order valence-electron chi connectivity index (χ3n) is 4.80. The maximum atomic E-state index is 12.9. The molecule has 0 saturated carbocycles. The number of amides is 1. The molecule has 0 aliphatic carbocycles. The molecule has 132 valence electrons. The van der Waals surface area contributed by atoms with Crippen LogP contribution in [-0.4, -0.2) is 33.7 Å². The average Bonchev–Trinajstić information content (AvgIpc) is 2.61. The standard InChI is InChI=1S/C20H25N3O2/c1-14-11-15(2)13-22(12-14)20(25)16(3)23-19(24)10-9-18(21-23)17-7-5-4-6-8-17/h4-10,14-16H,11-13H2,1-3H3. The molecule has 1 aliphatic rings. The Morgan fingerprint density at radius 1 is 1.08 bits per heavy atom. The Labute approximate surface area is 148 Å². The fraction of sp³-hybridized carbons (Fsp3) is 0.450. The minimum Gasteiger partial charge on any atom is -0.340 e. The number of likely N-dealkylation sites (tertiary alicyclic amines) is 1. The van der Waals surface area contributed by atoms with E-state index in [0.717, 1.165) is 25.1 Å². The summed E-state index contributed by atoms with van der Waals surface area (Å²) >= 11 is 0. The number of benzene rings is 1. The highest BCUT2D eigenvalue weighted by atomic mass is 16.2.